The van der Waals surface area contributed by atoms with E-state index in [1.54, 1.807) is 0 Å². The van der Waals surface area contributed by atoms with Crippen molar-refractivity contribution in [1.82, 2.24) is 0 Å². The molecule has 0 saturated heterocycles. The van der Waals surface area contributed by atoms with Gasteiger partial charge in [0.25, 0.3) is 0 Å². The fraction of sp³-hybridized carbons (Fsp3) is 0.143. The Kier molecular flexibility index (Phi) is 4.57. The predicted octanol–water partition coefficient (Wildman–Crippen LogP) is 4.99. The van der Waals surface area contributed by atoms with Gasteiger partial charge >= 0.3 is 6.36 Å². The summed E-state index contributed by atoms with van der Waals surface area (Å²) in [4.78, 5) is 0. The Morgan fingerprint density at radius 1 is 1.05 bits per heavy atom. The second-order valence-electron chi connectivity index (χ2n) is 4.14. The number of para-hydroxylation sites is 1. The van der Waals surface area contributed by atoms with Gasteiger partial charge in [0.1, 0.15) is 11.6 Å². The zero-order valence-electron chi connectivity index (χ0n) is 10.5. The van der Waals surface area contributed by atoms with Crippen molar-refractivity contribution in [3.05, 3.63) is 58.9 Å². The lowest BCUT2D eigenvalue weighted by atomic mass is 10.2. The molecule has 7 heteroatoms. The van der Waals surface area contributed by atoms with Crippen molar-refractivity contribution in [3.8, 4) is 5.75 Å². The summed E-state index contributed by atoms with van der Waals surface area (Å²) in [5, 5.41) is 3.02. The van der Waals surface area contributed by atoms with E-state index in [2.05, 4.69) is 10.1 Å². The second kappa shape index (κ2) is 6.22. The number of nitrogens with one attached hydrogen (secondary N) is 1. The van der Waals surface area contributed by atoms with E-state index < -0.39 is 12.2 Å². The van der Waals surface area contributed by atoms with Gasteiger partial charge in [-0.2, -0.15) is 0 Å². The van der Waals surface area contributed by atoms with Crippen LogP contribution in [-0.2, 0) is 6.54 Å². The molecule has 0 spiro atoms. The zero-order valence-corrected chi connectivity index (χ0v) is 11.3. The summed E-state index contributed by atoms with van der Waals surface area (Å²) in [6.07, 6.45) is -4.72. The first kappa shape index (κ1) is 15.4. The molecule has 0 amide bonds. The Morgan fingerprint density at radius 3 is 2.29 bits per heavy atom. The number of halogens is 5. The lowest BCUT2D eigenvalue weighted by Crippen LogP contribution is -2.17. The van der Waals surface area contributed by atoms with Crippen molar-refractivity contribution < 1.29 is 22.3 Å². The summed E-state index contributed by atoms with van der Waals surface area (Å²) in [5.41, 5.74) is 0.804. The average Bonchev–Trinajstić information content (AvgIpc) is 2.38. The lowest BCUT2D eigenvalue weighted by molar-refractivity contribution is -0.274. The zero-order chi connectivity index (χ0) is 15.5. The van der Waals surface area contributed by atoms with Crippen LogP contribution in [0, 0.1) is 5.82 Å². The maximum Gasteiger partial charge on any atom is 0.573 e. The second-order valence-corrected chi connectivity index (χ2v) is 4.55. The van der Waals surface area contributed by atoms with Gasteiger partial charge < -0.3 is 10.1 Å². The van der Waals surface area contributed by atoms with Crippen molar-refractivity contribution in [2.45, 2.75) is 12.9 Å². The van der Waals surface area contributed by atoms with Gasteiger partial charge in [0.05, 0.1) is 10.7 Å². The fourth-order valence-electron chi connectivity index (χ4n) is 1.67. The van der Waals surface area contributed by atoms with Crippen LogP contribution in [0.15, 0.2) is 42.5 Å². The molecule has 0 fully saturated rings. The number of ether oxygens (including phenoxy) is 1. The van der Waals surface area contributed by atoms with Gasteiger partial charge in [0, 0.05) is 6.54 Å². The highest BCUT2D eigenvalue weighted by Gasteiger charge is 2.30. The van der Waals surface area contributed by atoms with Crippen LogP contribution in [0.2, 0.25) is 5.02 Å². The minimum absolute atomic E-state index is 0.148. The lowest BCUT2D eigenvalue weighted by Gasteiger charge is -2.11. The SMILES string of the molecule is Fc1cccc(Cl)c1NCc1ccc(OC(F)(F)F)cc1. The molecule has 112 valence electrons. The van der Waals surface area contributed by atoms with E-state index in [9.17, 15) is 17.6 Å². The molecule has 0 aliphatic rings. The predicted molar refractivity (Wildman–Crippen MR) is 71.9 cm³/mol. The van der Waals surface area contributed by atoms with Crippen LogP contribution < -0.4 is 10.1 Å². The Balaban J connectivity index is 2.01. The molecule has 0 aliphatic carbocycles. The molecule has 0 saturated carbocycles. The molecule has 1 N–H and O–H groups in total. The third-order valence-corrected chi connectivity index (χ3v) is 2.90. The molecule has 21 heavy (non-hydrogen) atoms. The summed E-state index contributed by atoms with van der Waals surface area (Å²) in [6.45, 7) is 0.215. The van der Waals surface area contributed by atoms with E-state index in [-0.39, 0.29) is 23.0 Å². The third kappa shape index (κ3) is 4.53. The van der Waals surface area contributed by atoms with Crippen molar-refractivity contribution >= 4 is 17.3 Å². The van der Waals surface area contributed by atoms with Gasteiger partial charge in [0.15, 0.2) is 0 Å². The van der Waals surface area contributed by atoms with Crippen molar-refractivity contribution in [2.24, 2.45) is 0 Å². The highest BCUT2D eigenvalue weighted by atomic mass is 35.5. The van der Waals surface area contributed by atoms with E-state index in [1.807, 2.05) is 0 Å². The highest BCUT2D eigenvalue weighted by Crippen LogP contribution is 2.26. The standard InChI is InChI=1S/C14H10ClF4NO/c15-11-2-1-3-12(16)13(11)20-8-9-4-6-10(7-5-9)21-14(17,18)19/h1-7,20H,8H2. The first-order valence-electron chi connectivity index (χ1n) is 5.88. The summed E-state index contributed by atoms with van der Waals surface area (Å²) < 4.78 is 53.3. The van der Waals surface area contributed by atoms with Crippen molar-refractivity contribution in [1.29, 1.82) is 0 Å². The van der Waals surface area contributed by atoms with Crippen molar-refractivity contribution in [3.63, 3.8) is 0 Å². The molecule has 2 nitrogen and oxygen atoms in total. The fourth-order valence-corrected chi connectivity index (χ4v) is 1.90. The number of alkyl halides is 3. The Bertz CT molecular complexity index is 593. The van der Waals surface area contributed by atoms with Gasteiger partial charge in [-0.3, -0.25) is 0 Å². The Morgan fingerprint density at radius 2 is 1.71 bits per heavy atom. The molecular weight excluding hydrogens is 310 g/mol. The monoisotopic (exact) mass is 319 g/mol. The minimum Gasteiger partial charge on any atom is -0.406 e. The largest absolute Gasteiger partial charge is 0.573 e. The van der Waals surface area contributed by atoms with E-state index in [4.69, 9.17) is 11.6 Å². The highest BCUT2D eigenvalue weighted by molar-refractivity contribution is 6.33. The quantitative estimate of drug-likeness (QED) is 0.802. The molecule has 0 radical (unpaired) electrons. The van der Waals surface area contributed by atoms with Crippen LogP contribution >= 0.6 is 11.6 Å². The normalized spacial score (nSPS) is 11.3. The van der Waals surface area contributed by atoms with Crippen LogP contribution in [0.4, 0.5) is 23.2 Å². The summed E-state index contributed by atoms with van der Waals surface area (Å²) >= 11 is 5.85. The number of anilines is 1. The van der Waals surface area contributed by atoms with Gasteiger partial charge in [-0.15, -0.1) is 13.2 Å². The van der Waals surface area contributed by atoms with E-state index >= 15 is 0 Å². The summed E-state index contributed by atoms with van der Waals surface area (Å²) in [7, 11) is 0. The van der Waals surface area contributed by atoms with Crippen LogP contribution in [0.25, 0.3) is 0 Å². The third-order valence-electron chi connectivity index (χ3n) is 2.59. The molecule has 2 aromatic carbocycles. The van der Waals surface area contributed by atoms with Gasteiger partial charge in [-0.25, -0.2) is 4.39 Å². The Hall–Kier alpha value is -1.95. The smallest absolute Gasteiger partial charge is 0.406 e. The molecule has 0 atom stereocenters. The maximum atomic E-state index is 13.5. The number of hydrogen-bond acceptors (Lipinski definition) is 2. The van der Waals surface area contributed by atoms with Gasteiger partial charge in [0.2, 0.25) is 0 Å². The molecular formula is C14H10ClF4NO. The summed E-state index contributed by atoms with van der Waals surface area (Å²) in [5.74, 6) is -0.810. The number of benzene rings is 2. The van der Waals surface area contributed by atoms with E-state index in [1.165, 1.54) is 42.5 Å². The summed E-state index contributed by atoms with van der Waals surface area (Å²) in [6, 6.07) is 9.54. The van der Waals surface area contributed by atoms with Crippen LogP contribution in [-0.4, -0.2) is 6.36 Å². The van der Waals surface area contributed by atoms with Crippen LogP contribution in [0.1, 0.15) is 5.56 Å². The molecule has 0 aliphatic heterocycles. The molecule has 0 aromatic heterocycles. The Labute approximate surface area is 123 Å². The molecule has 2 rings (SSSR count). The van der Waals surface area contributed by atoms with Crippen molar-refractivity contribution in [2.75, 3.05) is 5.32 Å². The molecule has 2 aromatic rings. The topological polar surface area (TPSA) is 21.3 Å². The van der Waals surface area contributed by atoms with E-state index in [0.717, 1.165) is 0 Å². The van der Waals surface area contributed by atoms with Crippen LogP contribution in [0.5, 0.6) is 5.75 Å². The molecule has 0 bridgehead atoms. The molecule has 0 unspecified atom stereocenters. The first-order valence-corrected chi connectivity index (χ1v) is 6.25. The van der Waals surface area contributed by atoms with Gasteiger partial charge in [-0.1, -0.05) is 29.8 Å². The minimum atomic E-state index is -4.72. The number of hydrogen-bond donors (Lipinski definition) is 1. The molecule has 0 heterocycles. The van der Waals surface area contributed by atoms with Crippen LogP contribution in [0.3, 0.4) is 0 Å². The average molecular weight is 320 g/mol. The number of rotatable bonds is 4. The van der Waals surface area contributed by atoms with E-state index in [0.29, 0.717) is 5.56 Å². The first-order chi connectivity index (χ1) is 9.85. The maximum absolute atomic E-state index is 13.5. The van der Waals surface area contributed by atoms with Gasteiger partial charge in [-0.05, 0) is 29.8 Å².